The van der Waals surface area contributed by atoms with E-state index in [1.165, 1.54) is 4.31 Å². The molecule has 4 nitrogen and oxygen atoms in total. The molecule has 0 radical (unpaired) electrons. The lowest BCUT2D eigenvalue weighted by molar-refractivity contribution is 0.221. The van der Waals surface area contributed by atoms with Crippen LogP contribution in [-0.4, -0.2) is 13.5 Å². The molecule has 0 aliphatic carbocycles. The van der Waals surface area contributed by atoms with Crippen LogP contribution in [0.5, 0.6) is 0 Å². The summed E-state index contributed by atoms with van der Waals surface area (Å²) in [6.07, 6.45) is 3.62. The number of para-hydroxylation sites is 1. The van der Waals surface area contributed by atoms with E-state index < -0.39 is 16.1 Å². The van der Waals surface area contributed by atoms with Gasteiger partial charge in [0.15, 0.2) is 0 Å². The summed E-state index contributed by atoms with van der Waals surface area (Å²) < 4.78 is 27.8. The maximum absolute atomic E-state index is 13.3. The molecular weight excluding hydrogens is 334 g/mol. The normalized spacial score (nSPS) is 18.6. The number of hydrogen-bond donors (Lipinski definition) is 1. The van der Waals surface area contributed by atoms with Crippen molar-refractivity contribution < 1.29 is 13.5 Å². The zero-order chi connectivity index (χ0) is 18.0. The van der Waals surface area contributed by atoms with Crippen LogP contribution in [-0.2, 0) is 10.0 Å². The van der Waals surface area contributed by atoms with E-state index >= 15 is 0 Å². The van der Waals surface area contributed by atoms with Gasteiger partial charge in [0.2, 0.25) is 0 Å². The standard InChI is InChI=1S/C20H23NO3S/c1-3-4-5-10-19-20(22)17-8-6-7-9-18(17)21(19)25(23,24)16-13-11-15(2)12-14-16/h6-14,20,22H,3-5H2,1-2H3/b19-10-. The molecule has 132 valence electrons. The Morgan fingerprint density at radius 2 is 1.80 bits per heavy atom. The Morgan fingerprint density at radius 3 is 2.48 bits per heavy atom. The van der Waals surface area contributed by atoms with Crippen molar-refractivity contribution in [2.75, 3.05) is 4.31 Å². The molecule has 0 aromatic heterocycles. The summed E-state index contributed by atoms with van der Waals surface area (Å²) in [7, 11) is -3.78. The molecule has 2 aromatic carbocycles. The molecule has 5 heteroatoms. The third kappa shape index (κ3) is 3.22. The first-order valence-corrected chi connectivity index (χ1v) is 10.00. The number of fused-ring (bicyclic) bond motifs is 1. The summed E-state index contributed by atoms with van der Waals surface area (Å²) in [6, 6.07) is 13.9. The minimum atomic E-state index is -3.78. The Morgan fingerprint density at radius 1 is 1.12 bits per heavy atom. The lowest BCUT2D eigenvalue weighted by Crippen LogP contribution is -2.28. The fourth-order valence-electron chi connectivity index (χ4n) is 3.05. The van der Waals surface area contributed by atoms with Gasteiger partial charge < -0.3 is 5.11 Å². The van der Waals surface area contributed by atoms with Crippen LogP contribution in [0.4, 0.5) is 5.69 Å². The average molecular weight is 357 g/mol. The van der Waals surface area contributed by atoms with Gasteiger partial charge in [-0.25, -0.2) is 12.7 Å². The van der Waals surface area contributed by atoms with Crippen LogP contribution < -0.4 is 4.31 Å². The summed E-state index contributed by atoms with van der Waals surface area (Å²) in [4.78, 5) is 0.225. The number of sulfonamides is 1. The number of aliphatic hydroxyl groups excluding tert-OH is 1. The lowest BCUT2D eigenvalue weighted by Gasteiger charge is -2.22. The topological polar surface area (TPSA) is 57.6 Å². The molecular formula is C20H23NO3S. The van der Waals surface area contributed by atoms with Crippen molar-refractivity contribution in [3.63, 3.8) is 0 Å². The van der Waals surface area contributed by atoms with Gasteiger partial charge in [-0.3, -0.25) is 0 Å². The van der Waals surface area contributed by atoms with E-state index in [9.17, 15) is 13.5 Å². The summed E-state index contributed by atoms with van der Waals surface area (Å²) in [6.45, 7) is 4.00. The molecule has 1 unspecified atom stereocenters. The molecule has 2 aromatic rings. The van der Waals surface area contributed by atoms with Gasteiger partial charge in [0.05, 0.1) is 16.3 Å². The third-order valence-electron chi connectivity index (χ3n) is 4.44. The Kier molecular flexibility index (Phi) is 4.97. The van der Waals surface area contributed by atoms with E-state index in [0.29, 0.717) is 16.9 Å². The molecule has 0 fully saturated rings. The van der Waals surface area contributed by atoms with Crippen molar-refractivity contribution in [2.45, 2.75) is 44.1 Å². The van der Waals surface area contributed by atoms with Gasteiger partial charge in [0.1, 0.15) is 6.10 Å². The second kappa shape index (κ2) is 7.02. The number of nitrogens with zero attached hydrogens (tertiary/aromatic N) is 1. The minimum absolute atomic E-state index is 0.225. The van der Waals surface area contributed by atoms with E-state index in [1.54, 1.807) is 42.5 Å². The molecule has 25 heavy (non-hydrogen) atoms. The van der Waals surface area contributed by atoms with Crippen molar-refractivity contribution in [1.29, 1.82) is 0 Å². The van der Waals surface area contributed by atoms with Crippen LogP contribution in [0.25, 0.3) is 0 Å². The number of aryl methyl sites for hydroxylation is 1. The van der Waals surface area contributed by atoms with E-state index in [-0.39, 0.29) is 4.90 Å². The van der Waals surface area contributed by atoms with Gasteiger partial charge >= 0.3 is 0 Å². The predicted octanol–water partition coefficient (Wildman–Crippen LogP) is 4.31. The number of allylic oxidation sites excluding steroid dienone is 1. The second-order valence-electron chi connectivity index (χ2n) is 6.32. The molecule has 0 saturated carbocycles. The zero-order valence-electron chi connectivity index (χ0n) is 14.5. The Labute approximate surface area is 149 Å². The Bertz CT molecular complexity index is 885. The highest BCUT2D eigenvalue weighted by molar-refractivity contribution is 7.93. The van der Waals surface area contributed by atoms with E-state index in [2.05, 4.69) is 6.92 Å². The maximum atomic E-state index is 13.3. The third-order valence-corrected chi connectivity index (χ3v) is 6.19. The molecule has 0 amide bonds. The lowest BCUT2D eigenvalue weighted by atomic mass is 10.1. The molecule has 0 spiro atoms. The van der Waals surface area contributed by atoms with E-state index in [1.807, 2.05) is 19.1 Å². The van der Waals surface area contributed by atoms with Gasteiger partial charge in [-0.2, -0.15) is 0 Å². The fraction of sp³-hybridized carbons (Fsp3) is 0.300. The molecule has 0 bridgehead atoms. The molecule has 1 atom stereocenters. The average Bonchev–Trinajstić information content (AvgIpc) is 2.89. The molecule has 1 aliphatic heterocycles. The summed E-state index contributed by atoms with van der Waals surface area (Å²) in [5.41, 5.74) is 2.58. The first-order valence-electron chi connectivity index (χ1n) is 8.56. The minimum Gasteiger partial charge on any atom is -0.382 e. The highest BCUT2D eigenvalue weighted by Gasteiger charge is 2.39. The van der Waals surface area contributed by atoms with Crippen LogP contribution in [0.1, 0.15) is 43.4 Å². The number of rotatable bonds is 5. The van der Waals surface area contributed by atoms with Gasteiger partial charge in [-0.15, -0.1) is 0 Å². The Hall–Kier alpha value is -2.11. The molecule has 3 rings (SSSR count). The predicted molar refractivity (Wildman–Crippen MR) is 99.9 cm³/mol. The highest BCUT2D eigenvalue weighted by atomic mass is 32.2. The first kappa shape index (κ1) is 17.7. The van der Waals surface area contributed by atoms with Gasteiger partial charge in [0.25, 0.3) is 10.0 Å². The monoisotopic (exact) mass is 357 g/mol. The summed E-state index contributed by atoms with van der Waals surface area (Å²) >= 11 is 0. The van der Waals surface area contributed by atoms with Crippen molar-refractivity contribution in [2.24, 2.45) is 0 Å². The van der Waals surface area contributed by atoms with Gasteiger partial charge in [0, 0.05) is 5.56 Å². The van der Waals surface area contributed by atoms with E-state index in [4.69, 9.17) is 0 Å². The summed E-state index contributed by atoms with van der Waals surface area (Å²) in [5, 5.41) is 10.7. The number of anilines is 1. The van der Waals surface area contributed by atoms with Gasteiger partial charge in [-0.1, -0.05) is 61.7 Å². The fourth-order valence-corrected chi connectivity index (χ4v) is 4.61. The molecule has 1 N–H and O–H groups in total. The summed E-state index contributed by atoms with van der Waals surface area (Å²) in [5.74, 6) is 0. The van der Waals surface area contributed by atoms with Crippen LogP contribution >= 0.6 is 0 Å². The zero-order valence-corrected chi connectivity index (χ0v) is 15.3. The second-order valence-corrected chi connectivity index (χ2v) is 8.10. The number of hydrogen-bond acceptors (Lipinski definition) is 3. The first-order chi connectivity index (χ1) is 12.0. The van der Waals surface area contributed by atoms with Crippen LogP contribution in [0.3, 0.4) is 0 Å². The molecule has 1 heterocycles. The number of benzene rings is 2. The maximum Gasteiger partial charge on any atom is 0.268 e. The van der Waals surface area contributed by atoms with Crippen molar-refractivity contribution in [1.82, 2.24) is 0 Å². The number of unbranched alkanes of at least 4 members (excludes halogenated alkanes) is 2. The molecule has 1 aliphatic rings. The van der Waals surface area contributed by atoms with Gasteiger partial charge in [-0.05, 0) is 31.5 Å². The number of aliphatic hydroxyl groups is 1. The van der Waals surface area contributed by atoms with Crippen LogP contribution in [0, 0.1) is 6.92 Å². The highest BCUT2D eigenvalue weighted by Crippen LogP contribution is 2.45. The van der Waals surface area contributed by atoms with Crippen molar-refractivity contribution >= 4 is 15.7 Å². The van der Waals surface area contributed by atoms with Crippen LogP contribution in [0.2, 0.25) is 0 Å². The SMILES string of the molecule is CCCC/C=C1/C(O)c2ccccc2N1S(=O)(=O)c1ccc(C)cc1. The smallest absolute Gasteiger partial charge is 0.268 e. The van der Waals surface area contributed by atoms with E-state index in [0.717, 1.165) is 24.8 Å². The van der Waals surface area contributed by atoms with Crippen molar-refractivity contribution in [3.8, 4) is 0 Å². The quantitative estimate of drug-likeness (QED) is 0.811. The molecule has 0 saturated heterocycles. The Balaban J connectivity index is 2.12. The van der Waals surface area contributed by atoms with Crippen molar-refractivity contribution in [3.05, 3.63) is 71.4 Å². The largest absolute Gasteiger partial charge is 0.382 e. The van der Waals surface area contributed by atoms with Crippen LogP contribution in [0.15, 0.2) is 65.2 Å².